The van der Waals surface area contributed by atoms with Gasteiger partial charge in [0.25, 0.3) is 0 Å². The molecule has 2 rings (SSSR count). The molecule has 0 bridgehead atoms. The molecule has 1 heterocycles. The molecule has 0 fully saturated rings. The molecule has 0 aliphatic heterocycles. The van der Waals surface area contributed by atoms with E-state index in [9.17, 15) is 0 Å². The summed E-state index contributed by atoms with van der Waals surface area (Å²) in [5.41, 5.74) is 2.52. The van der Waals surface area contributed by atoms with E-state index >= 15 is 0 Å². The van der Waals surface area contributed by atoms with Crippen LogP contribution < -0.4 is 5.32 Å². The van der Waals surface area contributed by atoms with Crippen LogP contribution in [0.25, 0.3) is 0 Å². The Kier molecular flexibility index (Phi) is 3.64. The van der Waals surface area contributed by atoms with Crippen molar-refractivity contribution in [3.63, 3.8) is 0 Å². The Hall–Kier alpha value is -1.55. The van der Waals surface area contributed by atoms with Crippen molar-refractivity contribution < 1.29 is 0 Å². The van der Waals surface area contributed by atoms with Crippen LogP contribution in [0.4, 0.5) is 5.82 Å². The van der Waals surface area contributed by atoms with E-state index in [2.05, 4.69) is 47.3 Å². The molecule has 0 saturated carbocycles. The number of aromatic nitrogens is 2. The quantitative estimate of drug-likeness (QED) is 0.900. The van der Waals surface area contributed by atoms with Gasteiger partial charge < -0.3 is 5.32 Å². The lowest BCUT2D eigenvalue weighted by Gasteiger charge is -2.06. The summed E-state index contributed by atoms with van der Waals surface area (Å²) in [5, 5.41) is 3.90. The number of rotatable bonds is 3. The zero-order chi connectivity index (χ0) is 12.3. The number of anilines is 1. The van der Waals surface area contributed by atoms with Gasteiger partial charge in [0.05, 0.1) is 12.4 Å². The van der Waals surface area contributed by atoms with Gasteiger partial charge in [-0.2, -0.15) is 0 Å². The highest BCUT2D eigenvalue weighted by Crippen LogP contribution is 2.29. The van der Waals surface area contributed by atoms with Crippen LogP contribution in [-0.4, -0.2) is 17.0 Å². The fraction of sp³-hybridized carbons (Fsp3) is 0.231. The van der Waals surface area contributed by atoms with Crippen molar-refractivity contribution in [3.05, 3.63) is 41.7 Å². The molecule has 0 atom stereocenters. The molecule has 3 nitrogen and oxygen atoms in total. The molecule has 0 saturated heterocycles. The van der Waals surface area contributed by atoms with E-state index in [1.165, 1.54) is 16.0 Å². The molecule has 1 aromatic carbocycles. The number of nitrogens with zero attached hydrogens (tertiary/aromatic N) is 2. The lowest BCUT2D eigenvalue weighted by molar-refractivity contribution is 1.05. The van der Waals surface area contributed by atoms with E-state index in [0.717, 1.165) is 10.8 Å². The molecule has 1 N–H and O–H groups in total. The van der Waals surface area contributed by atoms with E-state index in [0.29, 0.717) is 0 Å². The Bertz CT molecular complexity index is 526. The summed E-state index contributed by atoms with van der Waals surface area (Å²) >= 11 is 1.64. The van der Waals surface area contributed by atoms with Crippen molar-refractivity contribution in [1.29, 1.82) is 0 Å². The van der Waals surface area contributed by atoms with E-state index in [-0.39, 0.29) is 0 Å². The molecule has 1 aromatic heterocycles. The van der Waals surface area contributed by atoms with Crippen LogP contribution in [0, 0.1) is 13.8 Å². The summed E-state index contributed by atoms with van der Waals surface area (Å²) in [5.74, 6) is 0.792. The maximum absolute atomic E-state index is 4.45. The van der Waals surface area contributed by atoms with Crippen molar-refractivity contribution in [1.82, 2.24) is 9.97 Å². The zero-order valence-electron chi connectivity index (χ0n) is 10.2. The first kappa shape index (κ1) is 11.9. The summed E-state index contributed by atoms with van der Waals surface area (Å²) < 4.78 is 0. The Morgan fingerprint density at radius 2 is 2.00 bits per heavy atom. The van der Waals surface area contributed by atoms with E-state index < -0.39 is 0 Å². The summed E-state index contributed by atoms with van der Waals surface area (Å²) in [6.07, 6.45) is 3.50. The molecule has 17 heavy (non-hydrogen) atoms. The predicted molar refractivity (Wildman–Crippen MR) is 71.6 cm³/mol. The SMILES string of the molecule is CNc1cncc(Sc2cc(C)ccc2C)n1. The van der Waals surface area contributed by atoms with Crippen molar-refractivity contribution in [3.8, 4) is 0 Å². The number of benzene rings is 1. The highest BCUT2D eigenvalue weighted by atomic mass is 32.2. The van der Waals surface area contributed by atoms with Gasteiger partial charge in [-0.15, -0.1) is 0 Å². The second-order valence-corrected chi connectivity index (χ2v) is 4.93. The van der Waals surface area contributed by atoms with E-state index in [1.54, 1.807) is 24.2 Å². The van der Waals surface area contributed by atoms with E-state index in [4.69, 9.17) is 0 Å². The van der Waals surface area contributed by atoms with Crippen molar-refractivity contribution in [2.24, 2.45) is 0 Å². The largest absolute Gasteiger partial charge is 0.372 e. The molecular formula is C13H15N3S. The Morgan fingerprint density at radius 3 is 2.76 bits per heavy atom. The second-order valence-electron chi connectivity index (χ2n) is 3.86. The first-order valence-corrected chi connectivity index (χ1v) is 6.25. The van der Waals surface area contributed by atoms with Crippen molar-refractivity contribution >= 4 is 17.6 Å². The topological polar surface area (TPSA) is 37.8 Å². The normalized spacial score (nSPS) is 10.3. The Morgan fingerprint density at radius 1 is 1.18 bits per heavy atom. The van der Waals surface area contributed by atoms with Crippen molar-refractivity contribution in [2.75, 3.05) is 12.4 Å². The predicted octanol–water partition coefficient (Wildman–Crippen LogP) is 3.29. The average molecular weight is 245 g/mol. The molecular weight excluding hydrogens is 230 g/mol. The number of hydrogen-bond donors (Lipinski definition) is 1. The van der Waals surface area contributed by atoms with Gasteiger partial charge in [0, 0.05) is 11.9 Å². The molecule has 0 radical (unpaired) electrons. The Labute approximate surface area is 106 Å². The van der Waals surface area contributed by atoms with Gasteiger partial charge >= 0.3 is 0 Å². The van der Waals surface area contributed by atoms with Crippen LogP contribution >= 0.6 is 11.8 Å². The van der Waals surface area contributed by atoms with Crippen LogP contribution in [0.2, 0.25) is 0 Å². The summed E-state index contributed by atoms with van der Waals surface area (Å²) in [6, 6.07) is 6.43. The lowest BCUT2D eigenvalue weighted by atomic mass is 10.2. The highest BCUT2D eigenvalue weighted by Gasteiger charge is 2.04. The minimum Gasteiger partial charge on any atom is -0.372 e. The molecule has 2 aromatic rings. The fourth-order valence-corrected chi connectivity index (χ4v) is 2.40. The van der Waals surface area contributed by atoms with Gasteiger partial charge in [0.1, 0.15) is 10.8 Å². The average Bonchev–Trinajstić information content (AvgIpc) is 2.34. The van der Waals surface area contributed by atoms with Gasteiger partial charge in [0.15, 0.2) is 0 Å². The van der Waals surface area contributed by atoms with Crippen molar-refractivity contribution in [2.45, 2.75) is 23.8 Å². The lowest BCUT2D eigenvalue weighted by Crippen LogP contribution is -1.94. The third-order valence-corrected chi connectivity index (χ3v) is 3.49. The third kappa shape index (κ3) is 2.97. The molecule has 0 spiro atoms. The smallest absolute Gasteiger partial charge is 0.145 e. The van der Waals surface area contributed by atoms with Crippen LogP contribution in [-0.2, 0) is 0 Å². The molecule has 0 unspecified atom stereocenters. The summed E-state index contributed by atoms with van der Waals surface area (Å²) in [7, 11) is 1.84. The zero-order valence-corrected chi connectivity index (χ0v) is 11.0. The maximum atomic E-state index is 4.45. The minimum atomic E-state index is 0.792. The van der Waals surface area contributed by atoms with Gasteiger partial charge in [-0.1, -0.05) is 23.9 Å². The highest BCUT2D eigenvalue weighted by molar-refractivity contribution is 7.99. The van der Waals surface area contributed by atoms with Crippen LogP contribution in [0.15, 0.2) is 40.5 Å². The minimum absolute atomic E-state index is 0.792. The number of aryl methyl sites for hydroxylation is 2. The van der Waals surface area contributed by atoms with Crippen LogP contribution in [0.3, 0.4) is 0 Å². The summed E-state index contributed by atoms with van der Waals surface area (Å²) in [6.45, 7) is 4.20. The molecule has 4 heteroatoms. The van der Waals surface area contributed by atoms with Gasteiger partial charge in [0.2, 0.25) is 0 Å². The first-order chi connectivity index (χ1) is 8.19. The molecule has 0 amide bonds. The van der Waals surface area contributed by atoms with Gasteiger partial charge in [-0.3, -0.25) is 4.98 Å². The first-order valence-electron chi connectivity index (χ1n) is 5.44. The third-order valence-electron chi connectivity index (χ3n) is 2.43. The standard InChI is InChI=1S/C13H15N3S/c1-9-4-5-10(2)11(6-9)17-13-8-15-7-12(14-3)16-13/h4-8H,1-3H3,(H,14,16). The van der Waals surface area contributed by atoms with Crippen LogP contribution in [0.1, 0.15) is 11.1 Å². The molecule has 0 aliphatic rings. The monoisotopic (exact) mass is 245 g/mol. The number of hydrogen-bond acceptors (Lipinski definition) is 4. The molecule has 88 valence electrons. The number of nitrogens with one attached hydrogen (secondary N) is 1. The van der Waals surface area contributed by atoms with Gasteiger partial charge in [-0.05, 0) is 31.0 Å². The maximum Gasteiger partial charge on any atom is 0.145 e. The van der Waals surface area contributed by atoms with Gasteiger partial charge in [-0.25, -0.2) is 4.98 Å². The second kappa shape index (κ2) is 5.19. The summed E-state index contributed by atoms with van der Waals surface area (Å²) in [4.78, 5) is 9.83. The van der Waals surface area contributed by atoms with E-state index in [1.807, 2.05) is 7.05 Å². The fourth-order valence-electron chi connectivity index (χ4n) is 1.45. The van der Waals surface area contributed by atoms with Crippen LogP contribution in [0.5, 0.6) is 0 Å². The Balaban J connectivity index is 2.27. The molecule has 0 aliphatic carbocycles.